The van der Waals surface area contributed by atoms with E-state index in [4.69, 9.17) is 0 Å². The number of halogens is 1. The molecule has 0 radical (unpaired) electrons. The van der Waals surface area contributed by atoms with Crippen LogP contribution in [0, 0.1) is 0 Å². The Hall–Kier alpha value is -0.880. The highest BCUT2D eigenvalue weighted by molar-refractivity contribution is 9.10. The van der Waals surface area contributed by atoms with Crippen LogP contribution in [-0.2, 0) is 6.54 Å². The van der Waals surface area contributed by atoms with E-state index >= 15 is 0 Å². The third-order valence-corrected chi connectivity index (χ3v) is 3.46. The molecular weight excluding hydrogens is 296 g/mol. The van der Waals surface area contributed by atoms with Crippen LogP contribution < -0.4 is 10.9 Å². The van der Waals surface area contributed by atoms with Gasteiger partial charge in [-0.1, -0.05) is 0 Å². The number of rotatable bonds is 6. The summed E-state index contributed by atoms with van der Waals surface area (Å²) in [7, 11) is 4.10. The van der Waals surface area contributed by atoms with E-state index in [1.807, 2.05) is 21.0 Å². The Morgan fingerprint density at radius 1 is 1.56 bits per heavy atom. The molecule has 5 nitrogen and oxygen atoms in total. The van der Waals surface area contributed by atoms with Crippen molar-refractivity contribution in [3.8, 4) is 0 Å². The van der Waals surface area contributed by atoms with Gasteiger partial charge in [-0.15, -0.1) is 0 Å². The highest BCUT2D eigenvalue weighted by Crippen LogP contribution is 2.17. The third-order valence-electron chi connectivity index (χ3n) is 2.70. The van der Waals surface area contributed by atoms with Crippen molar-refractivity contribution in [1.29, 1.82) is 0 Å². The van der Waals surface area contributed by atoms with E-state index in [0.717, 1.165) is 18.7 Å². The van der Waals surface area contributed by atoms with Gasteiger partial charge >= 0.3 is 0 Å². The largest absolute Gasteiger partial charge is 0.380 e. The highest BCUT2D eigenvalue weighted by Gasteiger charge is 2.10. The second kappa shape index (κ2) is 6.89. The lowest BCUT2D eigenvalue weighted by Gasteiger charge is -2.18. The molecule has 0 aliphatic rings. The summed E-state index contributed by atoms with van der Waals surface area (Å²) < 4.78 is 1.98. The van der Waals surface area contributed by atoms with Crippen LogP contribution in [0.4, 0.5) is 5.69 Å². The molecule has 1 aromatic rings. The zero-order chi connectivity index (χ0) is 13.7. The Morgan fingerprint density at radius 2 is 2.22 bits per heavy atom. The third kappa shape index (κ3) is 4.10. The van der Waals surface area contributed by atoms with Crippen molar-refractivity contribution in [1.82, 2.24) is 14.7 Å². The second-order valence-electron chi connectivity index (χ2n) is 4.63. The molecule has 0 saturated heterocycles. The standard InChI is InChI=1S/C12H21BrN4O/c1-5-17-12(18)11(13)10(8-14-17)15-9(2)6-7-16(3)4/h8-9,15H,5-7H2,1-4H3. The van der Waals surface area contributed by atoms with Gasteiger partial charge in [0.05, 0.1) is 11.9 Å². The van der Waals surface area contributed by atoms with Gasteiger partial charge in [-0.2, -0.15) is 5.10 Å². The maximum atomic E-state index is 11.9. The zero-order valence-corrected chi connectivity index (χ0v) is 13.0. The number of nitrogens with zero attached hydrogens (tertiary/aromatic N) is 3. The number of anilines is 1. The molecule has 1 unspecified atom stereocenters. The minimum Gasteiger partial charge on any atom is -0.380 e. The van der Waals surface area contributed by atoms with Gasteiger partial charge in [0.15, 0.2) is 0 Å². The lowest BCUT2D eigenvalue weighted by Crippen LogP contribution is -2.27. The van der Waals surface area contributed by atoms with Crippen molar-refractivity contribution in [2.24, 2.45) is 0 Å². The first-order valence-electron chi connectivity index (χ1n) is 6.12. The monoisotopic (exact) mass is 316 g/mol. The van der Waals surface area contributed by atoms with Gasteiger partial charge in [-0.05, 0) is 56.8 Å². The number of nitrogens with one attached hydrogen (secondary N) is 1. The average molecular weight is 317 g/mol. The molecule has 0 spiro atoms. The summed E-state index contributed by atoms with van der Waals surface area (Å²) in [5, 5.41) is 7.42. The lowest BCUT2D eigenvalue weighted by molar-refractivity contribution is 0.390. The van der Waals surface area contributed by atoms with Crippen LogP contribution in [0.25, 0.3) is 0 Å². The maximum Gasteiger partial charge on any atom is 0.283 e. The topological polar surface area (TPSA) is 50.2 Å². The molecule has 6 heteroatoms. The molecule has 0 fully saturated rings. The number of hydrogen-bond donors (Lipinski definition) is 1. The highest BCUT2D eigenvalue weighted by atomic mass is 79.9. The summed E-state index contributed by atoms with van der Waals surface area (Å²) in [6, 6.07) is 0.294. The smallest absolute Gasteiger partial charge is 0.283 e. The van der Waals surface area contributed by atoms with Gasteiger partial charge < -0.3 is 10.2 Å². The molecular formula is C12H21BrN4O. The fourth-order valence-electron chi connectivity index (χ4n) is 1.58. The SMILES string of the molecule is CCn1ncc(NC(C)CCN(C)C)c(Br)c1=O. The Balaban J connectivity index is 2.73. The first-order chi connectivity index (χ1) is 8.45. The molecule has 1 N–H and O–H groups in total. The molecule has 18 heavy (non-hydrogen) atoms. The Labute approximate surface area is 116 Å². The summed E-state index contributed by atoms with van der Waals surface area (Å²) in [5.74, 6) is 0. The summed E-state index contributed by atoms with van der Waals surface area (Å²) in [5.41, 5.74) is 0.665. The zero-order valence-electron chi connectivity index (χ0n) is 11.4. The molecule has 0 aromatic carbocycles. The van der Waals surface area contributed by atoms with Gasteiger partial charge in [-0.3, -0.25) is 4.79 Å². The maximum absolute atomic E-state index is 11.9. The van der Waals surface area contributed by atoms with E-state index in [-0.39, 0.29) is 5.56 Å². The quantitative estimate of drug-likeness (QED) is 0.869. The normalized spacial score (nSPS) is 12.8. The lowest BCUT2D eigenvalue weighted by atomic mass is 10.2. The van der Waals surface area contributed by atoms with Crippen LogP contribution >= 0.6 is 15.9 Å². The number of aromatic nitrogens is 2. The molecule has 102 valence electrons. The van der Waals surface area contributed by atoms with E-state index in [0.29, 0.717) is 17.1 Å². The number of hydrogen-bond acceptors (Lipinski definition) is 4. The molecule has 1 rings (SSSR count). The second-order valence-corrected chi connectivity index (χ2v) is 5.42. The van der Waals surface area contributed by atoms with Gasteiger partial charge in [0, 0.05) is 12.6 Å². The van der Waals surface area contributed by atoms with Gasteiger partial charge in [-0.25, -0.2) is 4.68 Å². The predicted octanol–water partition coefficient (Wildman–Crippen LogP) is 1.78. The van der Waals surface area contributed by atoms with E-state index in [9.17, 15) is 4.79 Å². The van der Waals surface area contributed by atoms with Gasteiger partial charge in [0.25, 0.3) is 5.56 Å². The molecule has 0 amide bonds. The molecule has 0 aliphatic carbocycles. The van der Waals surface area contributed by atoms with Crippen LogP contribution in [0.5, 0.6) is 0 Å². The Morgan fingerprint density at radius 3 is 2.78 bits per heavy atom. The van der Waals surface area contributed by atoms with E-state index in [2.05, 4.69) is 38.2 Å². The van der Waals surface area contributed by atoms with Crippen LogP contribution in [-0.4, -0.2) is 41.4 Å². The Kier molecular flexibility index (Phi) is 5.81. The first kappa shape index (κ1) is 15.2. The van der Waals surface area contributed by atoms with Crippen LogP contribution in [0.3, 0.4) is 0 Å². The van der Waals surface area contributed by atoms with E-state index in [1.165, 1.54) is 4.68 Å². The first-order valence-corrected chi connectivity index (χ1v) is 6.91. The van der Waals surface area contributed by atoms with Crippen molar-refractivity contribution in [2.45, 2.75) is 32.9 Å². The molecule has 0 aliphatic heterocycles. The fourth-order valence-corrected chi connectivity index (χ4v) is 2.00. The van der Waals surface area contributed by atoms with Crippen molar-refractivity contribution >= 4 is 21.6 Å². The van der Waals surface area contributed by atoms with E-state index in [1.54, 1.807) is 6.20 Å². The molecule has 0 bridgehead atoms. The van der Waals surface area contributed by atoms with Crippen molar-refractivity contribution in [3.63, 3.8) is 0 Å². The van der Waals surface area contributed by atoms with Crippen molar-refractivity contribution < 1.29 is 0 Å². The van der Waals surface area contributed by atoms with Gasteiger partial charge in [0.1, 0.15) is 4.47 Å². The number of aryl methyl sites for hydroxylation is 1. The van der Waals surface area contributed by atoms with Crippen LogP contribution in [0.2, 0.25) is 0 Å². The molecule has 0 saturated carbocycles. The predicted molar refractivity (Wildman–Crippen MR) is 78.1 cm³/mol. The Bertz CT molecular complexity index is 444. The molecule has 1 atom stereocenters. The van der Waals surface area contributed by atoms with E-state index < -0.39 is 0 Å². The summed E-state index contributed by atoms with van der Waals surface area (Å²) in [6.07, 6.45) is 2.71. The van der Waals surface area contributed by atoms with Crippen molar-refractivity contribution in [3.05, 3.63) is 21.0 Å². The fraction of sp³-hybridized carbons (Fsp3) is 0.667. The average Bonchev–Trinajstić information content (AvgIpc) is 2.33. The minimum atomic E-state index is -0.0951. The summed E-state index contributed by atoms with van der Waals surface area (Å²) in [4.78, 5) is 14.0. The summed E-state index contributed by atoms with van der Waals surface area (Å²) in [6.45, 7) is 5.58. The van der Waals surface area contributed by atoms with Gasteiger partial charge in [0.2, 0.25) is 0 Å². The molecule has 1 heterocycles. The summed E-state index contributed by atoms with van der Waals surface area (Å²) >= 11 is 3.33. The minimum absolute atomic E-state index is 0.0951. The van der Waals surface area contributed by atoms with Crippen LogP contribution in [0.1, 0.15) is 20.3 Å². The van der Waals surface area contributed by atoms with Crippen LogP contribution in [0.15, 0.2) is 15.5 Å². The van der Waals surface area contributed by atoms with Crippen molar-refractivity contribution in [2.75, 3.05) is 26.0 Å². The molecule has 1 aromatic heterocycles.